The number of allylic oxidation sites excluding steroid dienone is 1. The molecule has 218 valence electrons. The largest absolute Gasteiger partial charge is 0.495 e. The molecule has 2 aliphatic rings. The van der Waals surface area contributed by atoms with Crippen molar-refractivity contribution in [1.82, 2.24) is 9.97 Å². The third-order valence-corrected chi connectivity index (χ3v) is 8.26. The number of carbonyl (C=O) groups excluding carboxylic acids is 1. The third-order valence-electron chi connectivity index (χ3n) is 7.51. The van der Waals surface area contributed by atoms with Gasteiger partial charge in [-0.15, -0.1) is 0 Å². The number of aromatic nitrogens is 2. The monoisotopic (exact) mass is 606 g/mol. The highest BCUT2D eigenvalue weighted by Gasteiger charge is 2.40. The van der Waals surface area contributed by atoms with Crippen LogP contribution in [0.25, 0.3) is 22.0 Å². The maximum absolute atomic E-state index is 14.1. The summed E-state index contributed by atoms with van der Waals surface area (Å²) >= 11 is 13.4. The number of halogens is 4. The number of carbonyl (C=O) groups is 1. The van der Waals surface area contributed by atoms with Crippen molar-refractivity contribution in [2.24, 2.45) is 5.92 Å². The molecule has 2 aromatic heterocycles. The van der Waals surface area contributed by atoms with Gasteiger partial charge in [0.2, 0.25) is 5.92 Å². The summed E-state index contributed by atoms with van der Waals surface area (Å²) in [6, 6.07) is 4.54. The fourth-order valence-electron chi connectivity index (χ4n) is 5.33. The molecule has 1 saturated heterocycles. The van der Waals surface area contributed by atoms with E-state index in [4.69, 9.17) is 42.4 Å². The quantitative estimate of drug-likeness (QED) is 0.243. The number of alkyl halides is 2. The fraction of sp³-hybridized carbons (Fsp3) is 0.414. The predicted molar refractivity (Wildman–Crippen MR) is 156 cm³/mol. The minimum Gasteiger partial charge on any atom is -0.495 e. The summed E-state index contributed by atoms with van der Waals surface area (Å²) < 4.78 is 44.6. The molecule has 0 spiro atoms. The van der Waals surface area contributed by atoms with E-state index < -0.39 is 12.0 Å². The Kier molecular flexibility index (Phi) is 8.54. The van der Waals surface area contributed by atoms with Crippen LogP contribution in [0.2, 0.25) is 10.0 Å². The molecule has 1 aliphatic carbocycles. The van der Waals surface area contributed by atoms with E-state index in [1.54, 1.807) is 18.3 Å². The molecule has 41 heavy (non-hydrogen) atoms. The minimum atomic E-state index is -2.74. The van der Waals surface area contributed by atoms with Crippen LogP contribution in [-0.4, -0.2) is 61.2 Å². The molecule has 0 radical (unpaired) electrons. The van der Waals surface area contributed by atoms with Crippen molar-refractivity contribution in [1.29, 1.82) is 0 Å². The Morgan fingerprint density at radius 3 is 2.54 bits per heavy atom. The first-order valence-corrected chi connectivity index (χ1v) is 13.9. The van der Waals surface area contributed by atoms with Crippen LogP contribution >= 0.6 is 23.2 Å². The number of methoxy groups -OCH3 is 2. The van der Waals surface area contributed by atoms with E-state index in [9.17, 15) is 13.6 Å². The highest BCUT2D eigenvalue weighted by atomic mass is 35.5. The lowest BCUT2D eigenvalue weighted by Gasteiger charge is -2.21. The van der Waals surface area contributed by atoms with Crippen LogP contribution in [0.3, 0.4) is 0 Å². The van der Waals surface area contributed by atoms with E-state index in [0.29, 0.717) is 71.2 Å². The van der Waals surface area contributed by atoms with Gasteiger partial charge in [0.05, 0.1) is 49.2 Å². The molecular formula is C29H30Cl2F2N4O4. The number of nitrogens with zero attached hydrogens (tertiary/aromatic N) is 2. The lowest BCUT2D eigenvalue weighted by molar-refractivity contribution is -0.115. The van der Waals surface area contributed by atoms with E-state index in [2.05, 4.69) is 22.2 Å². The first-order valence-electron chi connectivity index (χ1n) is 13.2. The molecular weight excluding hydrogens is 577 g/mol. The Bertz CT molecular complexity index is 1460. The van der Waals surface area contributed by atoms with Crippen LogP contribution in [0.1, 0.15) is 25.7 Å². The molecule has 0 bridgehead atoms. The van der Waals surface area contributed by atoms with Crippen LogP contribution in [0.15, 0.2) is 37.1 Å². The van der Waals surface area contributed by atoms with E-state index >= 15 is 0 Å². The number of ether oxygens (including phenoxy) is 3. The Morgan fingerprint density at radius 1 is 1.17 bits per heavy atom. The average Bonchev–Trinajstić information content (AvgIpc) is 3.53. The number of pyridine rings is 2. The average molecular weight is 607 g/mol. The molecule has 8 nitrogen and oxygen atoms in total. The molecule has 2 N–H and O–H groups in total. The second-order valence-corrected chi connectivity index (χ2v) is 11.0. The van der Waals surface area contributed by atoms with Crippen molar-refractivity contribution in [3.63, 3.8) is 0 Å². The van der Waals surface area contributed by atoms with Gasteiger partial charge in [0, 0.05) is 59.8 Å². The van der Waals surface area contributed by atoms with Crippen LogP contribution in [0, 0.1) is 5.92 Å². The lowest BCUT2D eigenvalue weighted by Crippen LogP contribution is -2.29. The fourth-order valence-corrected chi connectivity index (χ4v) is 6.03. The van der Waals surface area contributed by atoms with Gasteiger partial charge in [-0.3, -0.25) is 4.79 Å². The topological polar surface area (TPSA) is 94.6 Å². The van der Waals surface area contributed by atoms with Crippen molar-refractivity contribution in [2.75, 3.05) is 38.1 Å². The Morgan fingerprint density at radius 2 is 1.90 bits per heavy atom. The van der Waals surface area contributed by atoms with E-state index in [-0.39, 0.29) is 40.6 Å². The standard InChI is InChI=1S/C29H30Cl2F2N4O4/c1-4-18(38)7-16-13-41-14-21(16)36-24-9-19-15(12-34-24)8-20(37-28(19)35-17-5-6-29(32,33)11-17)25-26(30)22(39-2)10-23(40-3)27(25)31/h4,8-10,12,16-17,21H,1,5-7,11,13-14H2,2-3H3,(H,34,36)(H,35,37)/t16-,17?,21+/m0/s1. The number of rotatable bonds is 10. The minimum absolute atomic E-state index is 0.0378. The molecule has 1 unspecified atom stereocenters. The van der Waals surface area contributed by atoms with Crippen LogP contribution in [0.4, 0.5) is 20.4 Å². The van der Waals surface area contributed by atoms with Gasteiger partial charge < -0.3 is 24.8 Å². The summed E-state index contributed by atoms with van der Waals surface area (Å²) in [5, 5.41) is 8.42. The number of hydrogen-bond donors (Lipinski definition) is 2. The van der Waals surface area contributed by atoms with Crippen molar-refractivity contribution >= 4 is 51.4 Å². The normalized spacial score (nSPS) is 21.6. The highest BCUT2D eigenvalue weighted by Crippen LogP contribution is 2.46. The molecule has 1 aliphatic heterocycles. The molecule has 12 heteroatoms. The zero-order chi connectivity index (χ0) is 29.3. The molecule has 3 heterocycles. The van der Waals surface area contributed by atoms with Gasteiger partial charge in [-0.1, -0.05) is 29.8 Å². The zero-order valence-electron chi connectivity index (χ0n) is 22.6. The smallest absolute Gasteiger partial charge is 0.250 e. The molecule has 2 fully saturated rings. The molecule has 3 aromatic rings. The maximum Gasteiger partial charge on any atom is 0.250 e. The SMILES string of the molecule is C=CC(=O)C[C@H]1COC[C@H]1Nc1cc2c(NC3CCC(F)(F)C3)nc(-c3c(Cl)c(OC)cc(OC)c3Cl)cc2cn1. The lowest BCUT2D eigenvalue weighted by atomic mass is 9.97. The van der Waals surface area contributed by atoms with Crippen LogP contribution in [0.5, 0.6) is 11.5 Å². The second-order valence-electron chi connectivity index (χ2n) is 10.3. The summed E-state index contributed by atoms with van der Waals surface area (Å²) in [7, 11) is 2.95. The summed E-state index contributed by atoms with van der Waals surface area (Å²) in [5.41, 5.74) is 0.776. The Hall–Kier alpha value is -3.21. The van der Waals surface area contributed by atoms with E-state index in [0.717, 1.165) is 0 Å². The van der Waals surface area contributed by atoms with Gasteiger partial charge in [-0.25, -0.2) is 18.7 Å². The Balaban J connectivity index is 1.57. The van der Waals surface area contributed by atoms with Crippen molar-refractivity contribution < 1.29 is 27.8 Å². The number of nitrogens with one attached hydrogen (secondary N) is 2. The summed E-state index contributed by atoms with van der Waals surface area (Å²) in [5.74, 6) is -1.22. The predicted octanol–water partition coefficient (Wildman–Crippen LogP) is 6.79. The zero-order valence-corrected chi connectivity index (χ0v) is 24.1. The first kappa shape index (κ1) is 29.3. The van der Waals surface area contributed by atoms with E-state index in [1.807, 2.05) is 6.07 Å². The number of ketones is 1. The maximum atomic E-state index is 14.1. The van der Waals surface area contributed by atoms with Crippen LogP contribution in [-0.2, 0) is 9.53 Å². The number of benzene rings is 1. The number of hydrogen-bond acceptors (Lipinski definition) is 8. The molecule has 0 amide bonds. The number of fused-ring (bicyclic) bond motifs is 1. The molecule has 3 atom stereocenters. The van der Waals surface area contributed by atoms with E-state index in [1.165, 1.54) is 20.3 Å². The second kappa shape index (κ2) is 12.0. The third kappa shape index (κ3) is 6.19. The summed E-state index contributed by atoms with van der Waals surface area (Å²) in [6.07, 6.45) is 3.08. The van der Waals surface area contributed by atoms with Gasteiger partial charge in [-0.05, 0) is 24.6 Å². The summed E-state index contributed by atoms with van der Waals surface area (Å²) in [4.78, 5) is 21.4. The highest BCUT2D eigenvalue weighted by molar-refractivity contribution is 6.41. The summed E-state index contributed by atoms with van der Waals surface area (Å²) in [6.45, 7) is 4.42. The first-order chi connectivity index (χ1) is 19.6. The van der Waals surface area contributed by atoms with Gasteiger partial charge in [0.15, 0.2) is 5.78 Å². The Labute approximate surface area is 246 Å². The van der Waals surface area contributed by atoms with Gasteiger partial charge in [-0.2, -0.15) is 0 Å². The van der Waals surface area contributed by atoms with Crippen molar-refractivity contribution in [3.8, 4) is 22.8 Å². The van der Waals surface area contributed by atoms with Crippen molar-refractivity contribution in [3.05, 3.63) is 47.1 Å². The molecule has 5 rings (SSSR count). The molecule has 1 aromatic carbocycles. The van der Waals surface area contributed by atoms with Crippen molar-refractivity contribution in [2.45, 2.75) is 43.7 Å². The molecule has 1 saturated carbocycles. The van der Waals surface area contributed by atoms with Crippen LogP contribution < -0.4 is 20.1 Å². The van der Waals surface area contributed by atoms with Gasteiger partial charge >= 0.3 is 0 Å². The van der Waals surface area contributed by atoms with Gasteiger partial charge in [0.25, 0.3) is 0 Å². The number of anilines is 2. The van der Waals surface area contributed by atoms with Gasteiger partial charge in [0.1, 0.15) is 23.1 Å².